The van der Waals surface area contributed by atoms with E-state index in [4.69, 9.17) is 30.5 Å². The third-order valence-electron chi connectivity index (χ3n) is 6.10. The van der Waals surface area contributed by atoms with Gasteiger partial charge in [0, 0.05) is 16.3 Å². The molecule has 35 heavy (non-hydrogen) atoms. The number of carbonyl (C=O) groups excluding carboxylic acids is 1. The van der Waals surface area contributed by atoms with E-state index in [-0.39, 0.29) is 45.0 Å². The van der Waals surface area contributed by atoms with Gasteiger partial charge in [0.25, 0.3) is 0 Å². The molecular weight excluding hydrogens is 550 g/mol. The molecule has 0 heterocycles. The highest BCUT2D eigenvalue weighted by molar-refractivity contribution is 9.10. The monoisotopic (exact) mass is 589 g/mol. The third kappa shape index (κ3) is 8.92. The number of carbonyl (C=O) groups is 1. The average Bonchev–Trinajstić information content (AvgIpc) is 2.71. The van der Waals surface area contributed by atoms with Crippen LogP contribution in [-0.2, 0) is 14.0 Å². The fraction of sp³-hybridized carbons (Fsp3) is 0.615. The van der Waals surface area contributed by atoms with Gasteiger partial charge in [0.05, 0.1) is 30.9 Å². The van der Waals surface area contributed by atoms with Gasteiger partial charge < -0.3 is 19.0 Å². The zero-order valence-electron chi connectivity index (χ0n) is 22.7. The topological polar surface area (TPSA) is 77.4 Å². The Balaban J connectivity index is 3.53. The summed E-state index contributed by atoms with van der Waals surface area (Å²) in [4.78, 5) is 17.5. The van der Waals surface area contributed by atoms with E-state index in [1.165, 1.54) is 6.21 Å². The molecule has 0 fully saturated rings. The molecule has 0 aliphatic carbocycles. The first kappa shape index (κ1) is 31.7. The van der Waals surface area contributed by atoms with Gasteiger partial charge in [-0.1, -0.05) is 69.1 Å². The van der Waals surface area contributed by atoms with Gasteiger partial charge in [0.2, 0.25) is 0 Å². The highest BCUT2D eigenvalue weighted by Gasteiger charge is 2.38. The molecule has 0 bridgehead atoms. The summed E-state index contributed by atoms with van der Waals surface area (Å²) in [5.74, 6) is -0.640. The predicted molar refractivity (Wildman–Crippen MR) is 151 cm³/mol. The van der Waals surface area contributed by atoms with Crippen LogP contribution in [0.4, 0.5) is 0 Å². The highest BCUT2D eigenvalue weighted by Crippen LogP contribution is 2.38. The van der Waals surface area contributed by atoms with Crippen molar-refractivity contribution in [1.82, 2.24) is 0 Å². The minimum atomic E-state index is -2.00. The van der Waals surface area contributed by atoms with E-state index in [1.54, 1.807) is 19.1 Å². The normalized spacial score (nSPS) is 14.6. The molecule has 9 heteroatoms. The number of hydrogen-bond acceptors (Lipinski definition) is 6. The van der Waals surface area contributed by atoms with Gasteiger partial charge in [-0.25, -0.2) is 4.79 Å². The van der Waals surface area contributed by atoms with Crippen molar-refractivity contribution in [3.8, 4) is 5.75 Å². The quantitative estimate of drug-likeness (QED) is 0.0987. The summed E-state index contributed by atoms with van der Waals surface area (Å²) in [5.41, 5.74) is -0.0937. The van der Waals surface area contributed by atoms with Crippen molar-refractivity contribution in [3.05, 3.63) is 32.8 Å². The SMILES string of the molecule is CCOC(=O)/C(C=N[C@H](CO[Si](C)(C)C(C)(C)C)C(C)(C)C)=C(\O)c1cc(Br)cc(OCC)c1Cl. The lowest BCUT2D eigenvalue weighted by Crippen LogP contribution is -2.44. The van der Waals surface area contributed by atoms with Gasteiger partial charge in [0.15, 0.2) is 8.32 Å². The van der Waals surface area contributed by atoms with Crippen LogP contribution in [-0.4, -0.2) is 51.5 Å². The number of halogens is 2. The number of benzene rings is 1. The van der Waals surface area contributed by atoms with Crippen LogP contribution < -0.4 is 4.74 Å². The maximum atomic E-state index is 12.8. The summed E-state index contributed by atoms with van der Waals surface area (Å²) < 4.78 is 17.9. The fourth-order valence-electron chi connectivity index (χ4n) is 2.75. The van der Waals surface area contributed by atoms with Crippen LogP contribution in [0.15, 0.2) is 27.2 Å². The van der Waals surface area contributed by atoms with Crippen LogP contribution in [0.2, 0.25) is 23.2 Å². The lowest BCUT2D eigenvalue weighted by molar-refractivity contribution is -0.137. The number of rotatable bonds is 10. The van der Waals surface area contributed by atoms with E-state index in [9.17, 15) is 9.90 Å². The van der Waals surface area contributed by atoms with Crippen molar-refractivity contribution in [2.24, 2.45) is 10.4 Å². The largest absolute Gasteiger partial charge is 0.506 e. The summed E-state index contributed by atoms with van der Waals surface area (Å²) in [6.45, 7) is 21.6. The van der Waals surface area contributed by atoms with E-state index in [1.807, 2.05) is 6.92 Å². The van der Waals surface area contributed by atoms with Gasteiger partial charge in [-0.3, -0.25) is 4.99 Å². The van der Waals surface area contributed by atoms with Gasteiger partial charge in [-0.2, -0.15) is 0 Å². The average molecular weight is 591 g/mol. The van der Waals surface area contributed by atoms with Crippen LogP contribution in [0.5, 0.6) is 5.75 Å². The molecule has 0 aliphatic heterocycles. The zero-order chi connectivity index (χ0) is 27.2. The molecule has 1 rings (SSSR count). The maximum absolute atomic E-state index is 12.8. The molecule has 1 N–H and O–H groups in total. The van der Waals surface area contributed by atoms with Crippen LogP contribution in [0.3, 0.4) is 0 Å². The molecule has 1 aromatic carbocycles. The Bertz CT molecular complexity index is 948. The second-order valence-electron chi connectivity index (χ2n) is 10.9. The Morgan fingerprint density at radius 3 is 2.26 bits per heavy atom. The van der Waals surface area contributed by atoms with Crippen LogP contribution in [0, 0.1) is 5.41 Å². The number of ether oxygens (including phenoxy) is 2. The number of aliphatic imine (C=N–C) groups is 1. The van der Waals surface area contributed by atoms with Crippen molar-refractivity contribution >= 4 is 53.8 Å². The Morgan fingerprint density at radius 1 is 1.17 bits per heavy atom. The van der Waals surface area contributed by atoms with Crippen molar-refractivity contribution in [2.45, 2.75) is 79.6 Å². The second-order valence-corrected chi connectivity index (χ2v) is 17.0. The first-order valence-corrected chi connectivity index (χ1v) is 15.9. The Kier molecular flexibility index (Phi) is 11.5. The molecule has 0 aromatic heterocycles. The van der Waals surface area contributed by atoms with Crippen molar-refractivity contribution < 1.29 is 23.8 Å². The second kappa shape index (κ2) is 12.7. The molecular formula is C26H41BrClNO5Si. The van der Waals surface area contributed by atoms with E-state index >= 15 is 0 Å². The minimum absolute atomic E-state index is 0.0587. The number of aliphatic hydroxyl groups is 1. The number of nitrogens with zero attached hydrogens (tertiary/aromatic N) is 1. The molecule has 198 valence electrons. The van der Waals surface area contributed by atoms with E-state index in [0.717, 1.165) is 0 Å². The number of esters is 1. The lowest BCUT2D eigenvalue weighted by atomic mass is 9.88. The van der Waals surface area contributed by atoms with Gasteiger partial charge >= 0.3 is 5.97 Å². The molecule has 6 nitrogen and oxygen atoms in total. The Labute approximate surface area is 225 Å². The van der Waals surface area contributed by atoms with Crippen LogP contribution in [0.1, 0.15) is 61.0 Å². The summed E-state index contributed by atoms with van der Waals surface area (Å²) in [5, 5.41) is 11.4. The Hall–Kier alpha value is -1.35. The molecule has 1 atom stereocenters. The highest BCUT2D eigenvalue weighted by atomic mass is 79.9. The zero-order valence-corrected chi connectivity index (χ0v) is 26.1. The summed E-state index contributed by atoms with van der Waals surface area (Å²) in [6.07, 6.45) is 1.37. The van der Waals surface area contributed by atoms with Crippen LogP contribution >= 0.6 is 27.5 Å². The van der Waals surface area contributed by atoms with Crippen molar-refractivity contribution in [3.63, 3.8) is 0 Å². The summed E-state index contributed by atoms with van der Waals surface area (Å²) in [6, 6.07) is 3.06. The number of hydrogen-bond donors (Lipinski definition) is 1. The lowest BCUT2D eigenvalue weighted by Gasteiger charge is -2.38. The first-order chi connectivity index (χ1) is 16.0. The Morgan fingerprint density at radius 2 is 1.77 bits per heavy atom. The van der Waals surface area contributed by atoms with E-state index in [2.05, 4.69) is 70.6 Å². The van der Waals surface area contributed by atoms with E-state index in [0.29, 0.717) is 23.4 Å². The maximum Gasteiger partial charge on any atom is 0.343 e. The molecule has 0 saturated carbocycles. The van der Waals surface area contributed by atoms with E-state index < -0.39 is 14.3 Å². The first-order valence-electron chi connectivity index (χ1n) is 11.9. The van der Waals surface area contributed by atoms with Gasteiger partial charge in [-0.15, -0.1) is 0 Å². The smallest absolute Gasteiger partial charge is 0.343 e. The molecule has 0 saturated heterocycles. The molecule has 0 spiro atoms. The number of aliphatic hydroxyl groups excluding tert-OH is 1. The fourth-order valence-corrected chi connectivity index (χ4v) is 4.44. The molecule has 0 amide bonds. The molecule has 0 radical (unpaired) electrons. The minimum Gasteiger partial charge on any atom is -0.506 e. The van der Waals surface area contributed by atoms with Crippen molar-refractivity contribution in [2.75, 3.05) is 19.8 Å². The standard InChI is InChI=1S/C26H41BrClNO5Si/c1-11-32-20-14-17(27)13-18(22(20)28)23(30)19(24(31)33-12-2)15-29-21(25(3,4)5)16-34-35(9,10)26(6,7)8/h13-15,21,30H,11-12,16H2,1-10H3/b23-19-,29-15?/t21-/m1/s1. The summed E-state index contributed by atoms with van der Waals surface area (Å²) >= 11 is 9.92. The van der Waals surface area contributed by atoms with Gasteiger partial charge in [0.1, 0.15) is 17.1 Å². The van der Waals surface area contributed by atoms with Crippen molar-refractivity contribution in [1.29, 1.82) is 0 Å². The predicted octanol–water partition coefficient (Wildman–Crippen LogP) is 7.84. The van der Waals surface area contributed by atoms with Crippen LogP contribution in [0.25, 0.3) is 5.76 Å². The molecule has 0 aliphatic rings. The van der Waals surface area contributed by atoms with Gasteiger partial charge in [-0.05, 0) is 49.5 Å². The molecule has 0 unspecified atom stereocenters. The molecule has 1 aromatic rings. The summed E-state index contributed by atoms with van der Waals surface area (Å²) in [7, 11) is -2.00. The third-order valence-corrected chi connectivity index (χ3v) is 11.4.